The average Bonchev–Trinajstić information content (AvgIpc) is 3.39. The maximum Gasteiger partial charge on any atom is 0.247 e. The topological polar surface area (TPSA) is 85.8 Å². The number of hydrogen-bond donors (Lipinski definition) is 1. The molecule has 32 heavy (non-hydrogen) atoms. The highest BCUT2D eigenvalue weighted by molar-refractivity contribution is 5.76. The molecule has 0 spiro atoms. The van der Waals surface area contributed by atoms with E-state index in [0.717, 1.165) is 34.6 Å². The standard InChI is InChI=1S/C25H27N5O2/c1-17-4-8-21(9-5-17)25-28-27-24(32-25)13-12-23(31)26-15-14-20-6-10-22(11-7-20)30-19(3)16-18(2)29-30/h4-11,16H,12-15H2,1-3H3,(H,26,31). The molecule has 0 aliphatic heterocycles. The summed E-state index contributed by atoms with van der Waals surface area (Å²) in [5.74, 6) is 0.916. The van der Waals surface area contributed by atoms with Crippen molar-refractivity contribution >= 4 is 5.91 Å². The summed E-state index contributed by atoms with van der Waals surface area (Å²) in [7, 11) is 0. The van der Waals surface area contributed by atoms with Gasteiger partial charge in [0.2, 0.25) is 17.7 Å². The Kier molecular flexibility index (Phi) is 6.44. The SMILES string of the molecule is Cc1ccc(-c2nnc(CCC(=O)NCCc3ccc(-n4nc(C)cc4C)cc3)o2)cc1. The molecule has 0 aliphatic rings. The Morgan fingerprint density at radius 3 is 2.41 bits per heavy atom. The van der Waals surface area contributed by atoms with Gasteiger partial charge >= 0.3 is 0 Å². The Bertz CT molecular complexity index is 1190. The van der Waals surface area contributed by atoms with Gasteiger partial charge in [0, 0.05) is 30.6 Å². The second-order valence-corrected chi connectivity index (χ2v) is 7.97. The van der Waals surface area contributed by atoms with E-state index in [1.54, 1.807) is 0 Å². The Hall–Kier alpha value is -3.74. The summed E-state index contributed by atoms with van der Waals surface area (Å²) in [5, 5.41) is 15.6. The Labute approximate surface area is 187 Å². The number of hydrogen-bond acceptors (Lipinski definition) is 5. The quantitative estimate of drug-likeness (QED) is 0.455. The molecule has 2 aromatic heterocycles. The summed E-state index contributed by atoms with van der Waals surface area (Å²) < 4.78 is 7.62. The first-order valence-corrected chi connectivity index (χ1v) is 10.8. The number of benzene rings is 2. The van der Waals surface area contributed by atoms with Crippen LogP contribution in [0.25, 0.3) is 17.1 Å². The van der Waals surface area contributed by atoms with Gasteiger partial charge in [-0.25, -0.2) is 4.68 Å². The van der Waals surface area contributed by atoms with E-state index < -0.39 is 0 Å². The number of rotatable bonds is 8. The second-order valence-electron chi connectivity index (χ2n) is 7.97. The largest absolute Gasteiger partial charge is 0.421 e. The van der Waals surface area contributed by atoms with Gasteiger partial charge in [-0.2, -0.15) is 5.10 Å². The first kappa shape index (κ1) is 21.5. The van der Waals surface area contributed by atoms with Gasteiger partial charge in [0.05, 0.1) is 11.4 Å². The molecule has 1 N–H and O–H groups in total. The van der Waals surface area contributed by atoms with E-state index in [4.69, 9.17) is 4.42 Å². The van der Waals surface area contributed by atoms with Crippen LogP contribution in [0, 0.1) is 20.8 Å². The summed E-state index contributed by atoms with van der Waals surface area (Å²) in [5.41, 5.74) is 6.35. The van der Waals surface area contributed by atoms with E-state index in [1.807, 2.05) is 49.7 Å². The van der Waals surface area contributed by atoms with E-state index in [9.17, 15) is 4.79 Å². The van der Waals surface area contributed by atoms with Crippen LogP contribution in [0.1, 0.15) is 34.8 Å². The summed E-state index contributed by atoms with van der Waals surface area (Å²) in [6, 6.07) is 18.2. The van der Waals surface area contributed by atoms with E-state index in [0.29, 0.717) is 31.2 Å². The van der Waals surface area contributed by atoms with Gasteiger partial charge in [-0.05, 0) is 63.1 Å². The predicted molar refractivity (Wildman–Crippen MR) is 123 cm³/mol. The highest BCUT2D eigenvalue weighted by atomic mass is 16.4. The third kappa shape index (κ3) is 5.29. The van der Waals surface area contributed by atoms with Crippen LogP contribution >= 0.6 is 0 Å². The Morgan fingerprint density at radius 2 is 1.72 bits per heavy atom. The number of carbonyl (C=O) groups is 1. The zero-order valence-electron chi connectivity index (χ0n) is 18.6. The van der Waals surface area contributed by atoms with Crippen molar-refractivity contribution in [3.63, 3.8) is 0 Å². The highest BCUT2D eigenvalue weighted by Crippen LogP contribution is 2.18. The van der Waals surface area contributed by atoms with Crippen LogP contribution in [0.5, 0.6) is 0 Å². The zero-order valence-corrected chi connectivity index (χ0v) is 18.6. The average molecular weight is 430 g/mol. The number of nitrogens with one attached hydrogen (secondary N) is 1. The lowest BCUT2D eigenvalue weighted by Gasteiger charge is -2.07. The van der Waals surface area contributed by atoms with Crippen LogP contribution in [0.4, 0.5) is 0 Å². The minimum atomic E-state index is -0.0284. The minimum absolute atomic E-state index is 0.0284. The van der Waals surface area contributed by atoms with Gasteiger partial charge < -0.3 is 9.73 Å². The molecule has 7 heteroatoms. The maximum absolute atomic E-state index is 12.2. The molecule has 4 rings (SSSR count). The number of aromatic nitrogens is 4. The van der Waals surface area contributed by atoms with E-state index >= 15 is 0 Å². The van der Waals surface area contributed by atoms with Crippen LogP contribution in [0.15, 0.2) is 59.0 Å². The molecule has 1 amide bonds. The monoisotopic (exact) mass is 429 g/mol. The molecule has 2 heterocycles. The van der Waals surface area contributed by atoms with Gasteiger partial charge in [0.1, 0.15) is 0 Å². The van der Waals surface area contributed by atoms with Crippen molar-refractivity contribution in [1.29, 1.82) is 0 Å². The third-order valence-corrected chi connectivity index (χ3v) is 5.26. The number of nitrogens with zero attached hydrogens (tertiary/aromatic N) is 4. The molecule has 0 saturated carbocycles. The van der Waals surface area contributed by atoms with Crippen molar-refractivity contribution in [2.24, 2.45) is 0 Å². The van der Waals surface area contributed by atoms with Gasteiger partial charge in [0.25, 0.3) is 0 Å². The van der Waals surface area contributed by atoms with Crippen LogP contribution in [-0.2, 0) is 17.6 Å². The van der Waals surface area contributed by atoms with Gasteiger partial charge in [0.15, 0.2) is 0 Å². The number of aryl methyl sites for hydroxylation is 4. The molecule has 4 aromatic rings. The lowest BCUT2D eigenvalue weighted by atomic mass is 10.1. The lowest BCUT2D eigenvalue weighted by Crippen LogP contribution is -2.25. The van der Waals surface area contributed by atoms with Crippen LogP contribution in [-0.4, -0.2) is 32.4 Å². The van der Waals surface area contributed by atoms with Gasteiger partial charge in [-0.15, -0.1) is 10.2 Å². The van der Waals surface area contributed by atoms with Crippen LogP contribution in [0.2, 0.25) is 0 Å². The van der Waals surface area contributed by atoms with Crippen molar-refractivity contribution in [2.75, 3.05) is 6.54 Å². The molecule has 0 aliphatic carbocycles. The van der Waals surface area contributed by atoms with Crippen molar-refractivity contribution in [3.05, 3.63) is 83.0 Å². The van der Waals surface area contributed by atoms with Gasteiger partial charge in [-0.3, -0.25) is 4.79 Å². The fraction of sp³-hybridized carbons (Fsp3) is 0.280. The maximum atomic E-state index is 12.2. The molecule has 2 aromatic carbocycles. The predicted octanol–water partition coefficient (Wildman–Crippen LogP) is 4.14. The molecule has 0 radical (unpaired) electrons. The van der Waals surface area contributed by atoms with Crippen LogP contribution in [0.3, 0.4) is 0 Å². The van der Waals surface area contributed by atoms with Crippen molar-refractivity contribution in [2.45, 2.75) is 40.0 Å². The fourth-order valence-corrected chi connectivity index (χ4v) is 3.52. The Balaban J connectivity index is 1.22. The third-order valence-electron chi connectivity index (χ3n) is 5.26. The molecule has 0 unspecified atom stereocenters. The summed E-state index contributed by atoms with van der Waals surface area (Å²) in [4.78, 5) is 12.2. The summed E-state index contributed by atoms with van der Waals surface area (Å²) in [6.07, 6.45) is 1.50. The summed E-state index contributed by atoms with van der Waals surface area (Å²) >= 11 is 0. The normalized spacial score (nSPS) is 11.0. The molecule has 0 atom stereocenters. The molecular formula is C25H27N5O2. The first-order valence-electron chi connectivity index (χ1n) is 10.8. The molecular weight excluding hydrogens is 402 g/mol. The molecule has 164 valence electrons. The summed E-state index contributed by atoms with van der Waals surface area (Å²) in [6.45, 7) is 6.64. The van der Waals surface area contributed by atoms with E-state index in [-0.39, 0.29) is 5.91 Å². The first-order chi connectivity index (χ1) is 15.5. The lowest BCUT2D eigenvalue weighted by molar-refractivity contribution is -0.121. The fourth-order valence-electron chi connectivity index (χ4n) is 3.52. The van der Waals surface area contributed by atoms with Crippen LogP contribution < -0.4 is 5.32 Å². The van der Waals surface area contributed by atoms with Crippen molar-refractivity contribution < 1.29 is 9.21 Å². The second kappa shape index (κ2) is 9.60. The van der Waals surface area contributed by atoms with Crippen molar-refractivity contribution in [3.8, 4) is 17.1 Å². The van der Waals surface area contributed by atoms with Crippen molar-refractivity contribution in [1.82, 2.24) is 25.3 Å². The minimum Gasteiger partial charge on any atom is -0.421 e. The molecule has 0 saturated heterocycles. The smallest absolute Gasteiger partial charge is 0.247 e. The number of amides is 1. The zero-order chi connectivity index (χ0) is 22.5. The number of carbonyl (C=O) groups excluding carboxylic acids is 1. The van der Waals surface area contributed by atoms with E-state index in [1.165, 1.54) is 5.56 Å². The van der Waals surface area contributed by atoms with E-state index in [2.05, 4.69) is 50.9 Å². The molecule has 0 fully saturated rings. The van der Waals surface area contributed by atoms with Gasteiger partial charge in [-0.1, -0.05) is 29.8 Å². The highest BCUT2D eigenvalue weighted by Gasteiger charge is 2.10. The molecule has 7 nitrogen and oxygen atoms in total. The molecule has 0 bridgehead atoms. The Morgan fingerprint density at radius 1 is 0.969 bits per heavy atom.